The van der Waals surface area contributed by atoms with E-state index in [0.29, 0.717) is 17.9 Å². The molecule has 1 saturated heterocycles. The van der Waals surface area contributed by atoms with Crippen LogP contribution >= 0.6 is 11.3 Å². The molecule has 1 fully saturated rings. The molecule has 3 heterocycles. The van der Waals surface area contributed by atoms with Crippen LogP contribution in [0.1, 0.15) is 75.0 Å². The molecule has 0 bridgehead atoms. The van der Waals surface area contributed by atoms with Crippen molar-refractivity contribution in [2.24, 2.45) is 0 Å². The molecule has 31 heavy (non-hydrogen) atoms. The number of ether oxygens (including phenoxy) is 2. The molecule has 0 aliphatic carbocycles. The number of nitrogens with zero attached hydrogens (tertiary/aromatic N) is 1. The normalized spacial score (nSPS) is 14.3. The lowest BCUT2D eigenvalue weighted by atomic mass is 10.1. The molecular weight excluding hydrogens is 420 g/mol. The topological polar surface area (TPSA) is 98.1 Å². The van der Waals surface area contributed by atoms with E-state index in [1.807, 2.05) is 0 Å². The van der Waals surface area contributed by atoms with Gasteiger partial charge in [0.05, 0.1) is 25.3 Å². The largest absolute Gasteiger partial charge is 0.462 e. The number of rotatable bonds is 8. The van der Waals surface area contributed by atoms with E-state index in [1.165, 1.54) is 19.3 Å². The van der Waals surface area contributed by atoms with Gasteiger partial charge in [0.2, 0.25) is 0 Å². The van der Waals surface area contributed by atoms with Crippen molar-refractivity contribution in [1.29, 1.82) is 0 Å². The first-order valence-electron chi connectivity index (χ1n) is 10.5. The van der Waals surface area contributed by atoms with Gasteiger partial charge in [-0.25, -0.2) is 9.59 Å². The molecule has 2 aromatic heterocycles. The highest BCUT2D eigenvalue weighted by Crippen LogP contribution is 2.34. The zero-order valence-electron chi connectivity index (χ0n) is 18.1. The Bertz CT molecular complexity index is 942. The second kappa shape index (κ2) is 10.6. The lowest BCUT2D eigenvalue weighted by molar-refractivity contribution is 0.0527. The Morgan fingerprint density at radius 2 is 1.74 bits per heavy atom. The van der Waals surface area contributed by atoms with Gasteiger partial charge in [0.1, 0.15) is 15.6 Å². The van der Waals surface area contributed by atoms with Crippen LogP contribution in [0.2, 0.25) is 0 Å². The average Bonchev–Trinajstić information content (AvgIpc) is 3.33. The number of esters is 2. The molecule has 9 heteroatoms. The summed E-state index contributed by atoms with van der Waals surface area (Å²) in [4.78, 5) is 40.1. The summed E-state index contributed by atoms with van der Waals surface area (Å²) in [6.45, 7) is 8.12. The van der Waals surface area contributed by atoms with Crippen LogP contribution in [0.3, 0.4) is 0 Å². The monoisotopic (exact) mass is 448 g/mol. The van der Waals surface area contributed by atoms with Gasteiger partial charge in [-0.2, -0.15) is 0 Å². The maximum Gasteiger partial charge on any atom is 0.348 e. The average molecular weight is 449 g/mol. The van der Waals surface area contributed by atoms with Gasteiger partial charge in [-0.1, -0.05) is 6.42 Å². The Hall–Kier alpha value is -2.65. The van der Waals surface area contributed by atoms with Crippen molar-refractivity contribution in [3.63, 3.8) is 0 Å². The van der Waals surface area contributed by atoms with E-state index in [9.17, 15) is 14.4 Å². The number of carbonyl (C=O) groups is 3. The summed E-state index contributed by atoms with van der Waals surface area (Å²) in [6, 6.07) is 3.41. The van der Waals surface area contributed by atoms with Gasteiger partial charge in [0, 0.05) is 0 Å². The van der Waals surface area contributed by atoms with Crippen molar-refractivity contribution < 1.29 is 28.3 Å². The molecule has 1 N–H and O–H groups in total. The lowest BCUT2D eigenvalue weighted by Gasteiger charge is -2.25. The first-order valence-corrected chi connectivity index (χ1v) is 11.4. The predicted molar refractivity (Wildman–Crippen MR) is 117 cm³/mol. The molecular formula is C22H28N2O6S. The third-order valence-corrected chi connectivity index (χ3v) is 6.22. The van der Waals surface area contributed by atoms with Gasteiger partial charge in [-0.15, -0.1) is 11.3 Å². The second-order valence-corrected chi connectivity index (χ2v) is 8.28. The zero-order chi connectivity index (χ0) is 22.4. The smallest absolute Gasteiger partial charge is 0.348 e. The van der Waals surface area contributed by atoms with Gasteiger partial charge in [0.25, 0.3) is 5.91 Å². The minimum atomic E-state index is -0.604. The highest BCUT2D eigenvalue weighted by atomic mass is 32.1. The molecule has 0 radical (unpaired) electrons. The van der Waals surface area contributed by atoms with E-state index < -0.39 is 17.8 Å². The number of amides is 1. The fraction of sp³-hybridized carbons (Fsp3) is 0.500. The molecule has 0 atom stereocenters. The van der Waals surface area contributed by atoms with Crippen LogP contribution in [-0.2, 0) is 16.0 Å². The Kier molecular flexibility index (Phi) is 7.86. The predicted octanol–water partition coefficient (Wildman–Crippen LogP) is 4.24. The molecule has 0 saturated carbocycles. The van der Waals surface area contributed by atoms with Crippen LogP contribution in [0.25, 0.3) is 0 Å². The number of piperidine rings is 1. The molecule has 0 aromatic carbocycles. The summed E-state index contributed by atoms with van der Waals surface area (Å²) in [5.41, 5.74) is 0.575. The summed E-state index contributed by atoms with van der Waals surface area (Å²) in [5, 5.41) is 2.94. The molecule has 1 aliphatic heterocycles. The standard InChI is InChI=1S/C22H28N2O6S/c1-4-28-21(26)17-14(3)18(22(27)29-5-2)31-20(17)23-19(25)16-10-9-15(30-16)13-24-11-7-6-8-12-24/h9-10H,4-8,11-13H2,1-3H3,(H,23,25). The van der Waals surface area contributed by atoms with Crippen molar-refractivity contribution in [2.45, 2.75) is 46.6 Å². The highest BCUT2D eigenvalue weighted by molar-refractivity contribution is 7.18. The maximum absolute atomic E-state index is 12.8. The van der Waals surface area contributed by atoms with Crippen LogP contribution in [0.15, 0.2) is 16.5 Å². The van der Waals surface area contributed by atoms with E-state index in [-0.39, 0.29) is 34.4 Å². The van der Waals surface area contributed by atoms with Crippen LogP contribution in [-0.4, -0.2) is 49.0 Å². The number of anilines is 1. The fourth-order valence-corrected chi connectivity index (χ4v) is 4.61. The minimum Gasteiger partial charge on any atom is -0.462 e. The highest BCUT2D eigenvalue weighted by Gasteiger charge is 2.28. The van der Waals surface area contributed by atoms with Gasteiger partial charge >= 0.3 is 11.9 Å². The first-order chi connectivity index (χ1) is 14.9. The Morgan fingerprint density at radius 1 is 1.06 bits per heavy atom. The number of likely N-dealkylation sites (tertiary alicyclic amines) is 1. The van der Waals surface area contributed by atoms with E-state index in [0.717, 1.165) is 24.4 Å². The van der Waals surface area contributed by atoms with Gasteiger partial charge < -0.3 is 19.2 Å². The minimum absolute atomic E-state index is 0.144. The molecule has 0 spiro atoms. The molecule has 1 aliphatic rings. The number of thiophene rings is 1. The Labute approximate surface area is 185 Å². The molecule has 1 amide bonds. The van der Waals surface area contributed by atoms with E-state index in [1.54, 1.807) is 32.9 Å². The Balaban J connectivity index is 1.79. The third-order valence-electron chi connectivity index (χ3n) is 5.03. The molecule has 0 unspecified atom stereocenters. The summed E-state index contributed by atoms with van der Waals surface area (Å²) >= 11 is 0.989. The van der Waals surface area contributed by atoms with Gasteiger partial charge in [-0.3, -0.25) is 9.69 Å². The van der Waals surface area contributed by atoms with Crippen molar-refractivity contribution >= 4 is 34.2 Å². The number of nitrogens with one attached hydrogen (secondary N) is 1. The summed E-state index contributed by atoms with van der Waals surface area (Å²) in [5.74, 6) is -0.782. The zero-order valence-corrected chi connectivity index (χ0v) is 18.9. The quantitative estimate of drug-likeness (QED) is 0.603. The van der Waals surface area contributed by atoms with Crippen molar-refractivity contribution in [3.8, 4) is 0 Å². The van der Waals surface area contributed by atoms with E-state index in [2.05, 4.69) is 10.2 Å². The van der Waals surface area contributed by atoms with Crippen molar-refractivity contribution in [3.05, 3.63) is 39.7 Å². The number of hydrogen-bond acceptors (Lipinski definition) is 8. The van der Waals surface area contributed by atoms with Gasteiger partial charge in [-0.05, 0) is 64.4 Å². The third kappa shape index (κ3) is 5.54. The summed E-state index contributed by atoms with van der Waals surface area (Å²) in [7, 11) is 0. The maximum atomic E-state index is 12.8. The van der Waals surface area contributed by atoms with Crippen LogP contribution in [0.4, 0.5) is 5.00 Å². The molecule has 3 rings (SSSR count). The fourth-order valence-electron chi connectivity index (χ4n) is 3.53. The van der Waals surface area contributed by atoms with Crippen LogP contribution < -0.4 is 5.32 Å². The first kappa shape index (κ1) is 23.0. The van der Waals surface area contributed by atoms with Crippen LogP contribution in [0.5, 0.6) is 0 Å². The SMILES string of the molecule is CCOC(=O)c1sc(NC(=O)c2ccc(CN3CCCCC3)o2)c(C(=O)OCC)c1C. The van der Waals surface area contributed by atoms with Crippen LogP contribution in [0, 0.1) is 6.92 Å². The number of hydrogen-bond donors (Lipinski definition) is 1. The second-order valence-electron chi connectivity index (χ2n) is 7.26. The lowest BCUT2D eigenvalue weighted by Crippen LogP contribution is -2.28. The Morgan fingerprint density at radius 3 is 2.42 bits per heavy atom. The summed E-state index contributed by atoms with van der Waals surface area (Å²) in [6.07, 6.45) is 3.59. The number of furan rings is 1. The summed E-state index contributed by atoms with van der Waals surface area (Å²) < 4.78 is 15.9. The number of carbonyl (C=O) groups excluding carboxylic acids is 3. The van der Waals surface area contributed by atoms with Crippen molar-refractivity contribution in [2.75, 3.05) is 31.6 Å². The van der Waals surface area contributed by atoms with E-state index in [4.69, 9.17) is 13.9 Å². The molecule has 168 valence electrons. The molecule has 2 aromatic rings. The van der Waals surface area contributed by atoms with Crippen molar-refractivity contribution in [1.82, 2.24) is 4.90 Å². The van der Waals surface area contributed by atoms with Gasteiger partial charge in [0.15, 0.2) is 5.76 Å². The molecule has 8 nitrogen and oxygen atoms in total. The van der Waals surface area contributed by atoms with E-state index >= 15 is 0 Å².